The minimum Gasteiger partial charge on any atom is -0.492 e. The summed E-state index contributed by atoms with van der Waals surface area (Å²) in [7, 11) is 0. The summed E-state index contributed by atoms with van der Waals surface area (Å²) in [6.45, 7) is 7.77. The highest BCUT2D eigenvalue weighted by molar-refractivity contribution is 9.10. The molecule has 0 spiro atoms. The Morgan fingerprint density at radius 2 is 1.74 bits per heavy atom. The lowest BCUT2D eigenvalue weighted by Gasteiger charge is -2.09. The Labute approximate surface area is 194 Å². The van der Waals surface area contributed by atoms with Crippen LogP contribution < -0.4 is 10.1 Å². The first kappa shape index (κ1) is 24.9. The number of hydrogen-bond acceptors (Lipinski definition) is 7. The number of amides is 1. The third-order valence-corrected chi connectivity index (χ3v) is 6.04. The molecule has 168 valence electrons. The van der Waals surface area contributed by atoms with Crippen LogP contribution >= 0.6 is 27.3 Å². The van der Waals surface area contributed by atoms with Crippen molar-refractivity contribution >= 4 is 50.1 Å². The van der Waals surface area contributed by atoms with Crippen molar-refractivity contribution in [1.29, 1.82) is 0 Å². The second kappa shape index (κ2) is 11.9. The molecule has 0 aliphatic carbocycles. The SMILES string of the molecule is CCOC(=O)c1sc(NC(=O)CCCOc2ccc(C)cc2Br)c(C(=O)OCC)c1C. The van der Waals surface area contributed by atoms with Gasteiger partial charge in [-0.05, 0) is 73.3 Å². The van der Waals surface area contributed by atoms with Crippen LogP contribution in [0.2, 0.25) is 0 Å². The summed E-state index contributed by atoms with van der Waals surface area (Å²) in [5.41, 5.74) is 1.73. The number of aryl methyl sites for hydroxylation is 1. The van der Waals surface area contributed by atoms with E-state index in [0.717, 1.165) is 21.4 Å². The zero-order valence-corrected chi connectivity index (χ0v) is 20.4. The average molecular weight is 512 g/mol. The predicted octanol–water partition coefficient (Wildman–Crippen LogP) is 5.28. The Kier molecular flexibility index (Phi) is 9.51. The first-order valence-electron chi connectivity index (χ1n) is 9.94. The molecular formula is C22H26BrNO6S. The molecule has 1 heterocycles. The van der Waals surface area contributed by atoms with Crippen LogP contribution in [0.15, 0.2) is 22.7 Å². The molecule has 0 saturated heterocycles. The van der Waals surface area contributed by atoms with E-state index in [4.69, 9.17) is 14.2 Å². The Morgan fingerprint density at radius 1 is 1.06 bits per heavy atom. The van der Waals surface area contributed by atoms with Crippen LogP contribution in [-0.2, 0) is 14.3 Å². The molecule has 2 aromatic rings. The molecule has 9 heteroatoms. The molecular weight excluding hydrogens is 486 g/mol. The number of hydrogen-bond donors (Lipinski definition) is 1. The van der Waals surface area contributed by atoms with Gasteiger partial charge in [0.05, 0.1) is 29.9 Å². The van der Waals surface area contributed by atoms with E-state index in [1.807, 2.05) is 25.1 Å². The molecule has 0 fully saturated rings. The molecule has 0 bridgehead atoms. The van der Waals surface area contributed by atoms with E-state index in [1.54, 1.807) is 20.8 Å². The van der Waals surface area contributed by atoms with Crippen molar-refractivity contribution in [2.24, 2.45) is 0 Å². The molecule has 7 nitrogen and oxygen atoms in total. The largest absolute Gasteiger partial charge is 0.492 e. The van der Waals surface area contributed by atoms with E-state index >= 15 is 0 Å². The smallest absolute Gasteiger partial charge is 0.348 e. The monoisotopic (exact) mass is 511 g/mol. The summed E-state index contributed by atoms with van der Waals surface area (Å²) >= 11 is 4.47. The third-order valence-electron chi connectivity index (χ3n) is 4.23. The number of ether oxygens (including phenoxy) is 3. The fourth-order valence-electron chi connectivity index (χ4n) is 2.77. The van der Waals surface area contributed by atoms with E-state index in [-0.39, 0.29) is 41.0 Å². The number of esters is 2. The number of anilines is 1. The van der Waals surface area contributed by atoms with E-state index in [1.165, 1.54) is 0 Å². The van der Waals surface area contributed by atoms with Crippen molar-refractivity contribution in [2.45, 2.75) is 40.5 Å². The fraction of sp³-hybridized carbons (Fsp3) is 0.409. The van der Waals surface area contributed by atoms with Crippen molar-refractivity contribution in [1.82, 2.24) is 0 Å². The molecule has 1 N–H and O–H groups in total. The minimum absolute atomic E-state index is 0.183. The molecule has 0 aliphatic heterocycles. The van der Waals surface area contributed by atoms with Crippen molar-refractivity contribution in [2.75, 3.05) is 25.1 Å². The number of rotatable bonds is 10. The Hall–Kier alpha value is -2.39. The standard InChI is InChI=1S/C22H26BrNO6S/c1-5-28-21(26)18-14(4)19(22(27)29-6-2)31-20(18)24-17(25)8-7-11-30-16-10-9-13(3)12-15(16)23/h9-10,12H,5-8,11H2,1-4H3,(H,24,25). The van der Waals surface area contributed by atoms with Gasteiger partial charge in [-0.2, -0.15) is 0 Å². The van der Waals surface area contributed by atoms with Crippen molar-refractivity contribution in [3.63, 3.8) is 0 Å². The van der Waals surface area contributed by atoms with Gasteiger partial charge in [0.25, 0.3) is 0 Å². The number of halogens is 1. The lowest BCUT2D eigenvalue weighted by atomic mass is 10.1. The molecule has 1 amide bonds. The van der Waals surface area contributed by atoms with Gasteiger partial charge in [-0.1, -0.05) is 6.07 Å². The summed E-state index contributed by atoms with van der Waals surface area (Å²) in [6, 6.07) is 5.78. The molecule has 31 heavy (non-hydrogen) atoms. The highest BCUT2D eigenvalue weighted by Crippen LogP contribution is 2.34. The molecule has 0 saturated carbocycles. The average Bonchev–Trinajstić information content (AvgIpc) is 3.03. The fourth-order valence-corrected chi connectivity index (χ4v) is 4.48. The van der Waals surface area contributed by atoms with Gasteiger partial charge in [-0.25, -0.2) is 9.59 Å². The van der Waals surface area contributed by atoms with E-state index < -0.39 is 11.9 Å². The molecule has 1 aromatic heterocycles. The molecule has 0 aliphatic rings. The first-order chi connectivity index (χ1) is 14.8. The lowest BCUT2D eigenvalue weighted by molar-refractivity contribution is -0.116. The van der Waals surface area contributed by atoms with Gasteiger partial charge in [-0.15, -0.1) is 11.3 Å². The van der Waals surface area contributed by atoms with Gasteiger partial charge in [0.2, 0.25) is 5.91 Å². The number of nitrogens with one attached hydrogen (secondary N) is 1. The molecule has 0 atom stereocenters. The topological polar surface area (TPSA) is 90.9 Å². The summed E-state index contributed by atoms with van der Waals surface area (Å²) < 4.78 is 16.7. The van der Waals surface area contributed by atoms with Gasteiger partial charge in [-0.3, -0.25) is 4.79 Å². The molecule has 1 aromatic carbocycles. The Morgan fingerprint density at radius 3 is 2.39 bits per heavy atom. The van der Waals surface area contributed by atoms with Gasteiger partial charge in [0, 0.05) is 6.42 Å². The predicted molar refractivity (Wildman–Crippen MR) is 123 cm³/mol. The van der Waals surface area contributed by atoms with E-state index in [2.05, 4.69) is 21.2 Å². The van der Waals surface area contributed by atoms with E-state index in [9.17, 15) is 14.4 Å². The number of carbonyl (C=O) groups excluding carboxylic acids is 3. The van der Waals surface area contributed by atoms with Gasteiger partial charge in [0.15, 0.2) is 0 Å². The van der Waals surface area contributed by atoms with Gasteiger partial charge >= 0.3 is 11.9 Å². The quantitative estimate of drug-likeness (QED) is 0.344. The normalized spacial score (nSPS) is 10.5. The van der Waals surface area contributed by atoms with Crippen LogP contribution in [0.25, 0.3) is 0 Å². The molecule has 0 radical (unpaired) electrons. The van der Waals surface area contributed by atoms with Gasteiger partial charge in [0.1, 0.15) is 15.6 Å². The van der Waals surface area contributed by atoms with Crippen LogP contribution in [0.3, 0.4) is 0 Å². The molecule has 2 rings (SSSR count). The number of carbonyl (C=O) groups is 3. The highest BCUT2D eigenvalue weighted by atomic mass is 79.9. The Balaban J connectivity index is 2.02. The molecule has 0 unspecified atom stereocenters. The Bertz CT molecular complexity index is 956. The van der Waals surface area contributed by atoms with Crippen LogP contribution in [-0.4, -0.2) is 37.7 Å². The maximum absolute atomic E-state index is 12.4. The number of benzene rings is 1. The summed E-state index contributed by atoms with van der Waals surface area (Å²) in [6.07, 6.45) is 0.674. The second-order valence-corrected chi connectivity index (χ2v) is 8.51. The lowest BCUT2D eigenvalue weighted by Crippen LogP contribution is -2.15. The maximum Gasteiger partial charge on any atom is 0.348 e. The third kappa shape index (κ3) is 6.80. The first-order valence-corrected chi connectivity index (χ1v) is 11.6. The van der Waals surface area contributed by atoms with Crippen molar-refractivity contribution < 1.29 is 28.6 Å². The maximum atomic E-state index is 12.4. The van der Waals surface area contributed by atoms with Crippen LogP contribution in [0.5, 0.6) is 5.75 Å². The van der Waals surface area contributed by atoms with Crippen molar-refractivity contribution in [3.8, 4) is 5.75 Å². The summed E-state index contributed by atoms with van der Waals surface area (Å²) in [5.74, 6) is -0.694. The van der Waals surface area contributed by atoms with Crippen LogP contribution in [0.4, 0.5) is 5.00 Å². The van der Waals surface area contributed by atoms with Crippen LogP contribution in [0, 0.1) is 13.8 Å². The van der Waals surface area contributed by atoms with Gasteiger partial charge < -0.3 is 19.5 Å². The second-order valence-electron chi connectivity index (χ2n) is 6.64. The van der Waals surface area contributed by atoms with Crippen molar-refractivity contribution in [3.05, 3.63) is 44.2 Å². The highest BCUT2D eigenvalue weighted by Gasteiger charge is 2.27. The minimum atomic E-state index is -0.588. The number of thiophene rings is 1. The zero-order valence-electron chi connectivity index (χ0n) is 18.0. The zero-order chi connectivity index (χ0) is 23.0. The summed E-state index contributed by atoms with van der Waals surface area (Å²) in [4.78, 5) is 37.3. The van der Waals surface area contributed by atoms with Crippen LogP contribution in [0.1, 0.15) is 57.8 Å². The summed E-state index contributed by atoms with van der Waals surface area (Å²) in [5, 5.41) is 3.02. The van der Waals surface area contributed by atoms with E-state index in [0.29, 0.717) is 24.3 Å².